The van der Waals surface area contributed by atoms with E-state index in [1.807, 2.05) is 17.9 Å². The molecule has 0 aromatic heterocycles. The zero-order valence-corrected chi connectivity index (χ0v) is 22.3. The highest BCUT2D eigenvalue weighted by atomic mass is 28.5. The smallest absolute Gasteiger partial charge is 0.352 e. The van der Waals surface area contributed by atoms with Crippen LogP contribution in [0.3, 0.4) is 0 Å². The molecule has 3 nitrogen and oxygen atoms in total. The van der Waals surface area contributed by atoms with Crippen molar-refractivity contribution in [3.8, 4) is 0 Å². The maximum Gasteiger partial charge on any atom is 0.352 e. The molecule has 2 atom stereocenters. The number of unbranched alkanes of at least 4 members (excludes halogenated alkanes) is 11. The van der Waals surface area contributed by atoms with Gasteiger partial charge in [-0.1, -0.05) is 103 Å². The van der Waals surface area contributed by atoms with E-state index in [0.29, 0.717) is 12.5 Å². The molecule has 0 radical (unpaired) electrons. The second-order valence-corrected chi connectivity index (χ2v) is 15.3. The molecular weight excluding hydrogens is 392 g/mol. The van der Waals surface area contributed by atoms with Crippen LogP contribution in [0.5, 0.6) is 0 Å². The summed E-state index contributed by atoms with van der Waals surface area (Å²) in [7, 11) is -4.84. The molecule has 0 bridgehead atoms. The summed E-state index contributed by atoms with van der Waals surface area (Å²) in [4.78, 5) is 0. The predicted molar refractivity (Wildman–Crippen MR) is 133 cm³/mol. The Morgan fingerprint density at radius 3 is 1.52 bits per heavy atom. The molecule has 5 heteroatoms. The van der Waals surface area contributed by atoms with Crippen LogP contribution in [0.2, 0.25) is 13.1 Å². The minimum absolute atomic E-state index is 0.476. The molecule has 0 saturated carbocycles. The molecule has 0 rings (SSSR count). The van der Waals surface area contributed by atoms with E-state index in [1.54, 1.807) is 0 Å². The molecule has 0 saturated heterocycles. The van der Waals surface area contributed by atoms with Crippen molar-refractivity contribution >= 4 is 17.1 Å². The molecule has 0 fully saturated rings. The lowest BCUT2D eigenvalue weighted by Gasteiger charge is -2.33. The molecule has 0 aromatic rings. The van der Waals surface area contributed by atoms with E-state index in [-0.39, 0.29) is 0 Å². The Morgan fingerprint density at radius 2 is 1.10 bits per heavy atom. The molecule has 0 aliphatic rings. The van der Waals surface area contributed by atoms with E-state index >= 15 is 0 Å². The van der Waals surface area contributed by atoms with Gasteiger partial charge >= 0.3 is 17.1 Å². The number of hydrogen-bond donors (Lipinski definition) is 0. The molecule has 0 aromatic carbocycles. The van der Waals surface area contributed by atoms with Crippen LogP contribution in [0.4, 0.5) is 0 Å². The van der Waals surface area contributed by atoms with Gasteiger partial charge in [0.1, 0.15) is 0 Å². The van der Waals surface area contributed by atoms with Crippen LogP contribution in [0.25, 0.3) is 0 Å². The van der Waals surface area contributed by atoms with Gasteiger partial charge in [0, 0.05) is 13.2 Å². The lowest BCUT2D eigenvalue weighted by atomic mass is 10.1. The van der Waals surface area contributed by atoms with E-state index in [9.17, 15) is 0 Å². The first-order valence-electron chi connectivity index (χ1n) is 12.1. The van der Waals surface area contributed by atoms with Gasteiger partial charge < -0.3 is 13.0 Å². The van der Waals surface area contributed by atoms with Crippen molar-refractivity contribution < 1.29 is 13.0 Å². The van der Waals surface area contributed by atoms with Crippen molar-refractivity contribution in [1.82, 2.24) is 0 Å². The summed E-state index contributed by atoms with van der Waals surface area (Å²) in [5.41, 5.74) is 3.73. The van der Waals surface area contributed by atoms with Gasteiger partial charge in [-0.25, -0.2) is 0 Å². The topological polar surface area (TPSA) is 27.7 Å². The van der Waals surface area contributed by atoms with Crippen molar-refractivity contribution in [3.05, 3.63) is 24.6 Å². The zero-order valence-electron chi connectivity index (χ0n) is 20.3. The Morgan fingerprint density at radius 1 is 0.690 bits per heavy atom. The quantitative estimate of drug-likeness (QED) is 0.133. The van der Waals surface area contributed by atoms with Crippen LogP contribution in [0.15, 0.2) is 24.6 Å². The average molecular weight is 443 g/mol. The Kier molecular flexibility index (Phi) is 17.3. The van der Waals surface area contributed by atoms with Gasteiger partial charge in [-0.15, -0.1) is 13.2 Å². The lowest BCUT2D eigenvalue weighted by Crippen LogP contribution is -2.50. The van der Waals surface area contributed by atoms with Gasteiger partial charge in [-0.05, 0) is 25.4 Å². The summed E-state index contributed by atoms with van der Waals surface area (Å²) in [5.74, 6) is 0.476. The normalized spacial score (nSPS) is 15.8. The average Bonchev–Trinajstić information content (AvgIpc) is 2.70. The number of rotatable bonds is 21. The molecule has 0 aliphatic carbocycles. The van der Waals surface area contributed by atoms with Crippen LogP contribution in [-0.4, -0.2) is 30.3 Å². The second-order valence-electron chi connectivity index (χ2n) is 8.98. The molecular formula is C24H50O3Si2. The third kappa shape index (κ3) is 16.2. The monoisotopic (exact) mass is 442 g/mol. The minimum atomic E-state index is -2.42. The van der Waals surface area contributed by atoms with Crippen LogP contribution < -0.4 is 0 Å². The summed E-state index contributed by atoms with van der Waals surface area (Å²) in [6, 6.07) is 0. The molecule has 29 heavy (non-hydrogen) atoms. The maximum absolute atomic E-state index is 6.38. The van der Waals surface area contributed by atoms with Gasteiger partial charge in [0.2, 0.25) is 0 Å². The van der Waals surface area contributed by atoms with Crippen molar-refractivity contribution in [1.29, 1.82) is 0 Å². The zero-order chi connectivity index (χ0) is 22.0. The maximum atomic E-state index is 6.38. The second kappa shape index (κ2) is 17.5. The summed E-state index contributed by atoms with van der Waals surface area (Å²) in [6.45, 7) is 20.0. The first-order valence-corrected chi connectivity index (χ1v) is 16.8. The molecule has 0 heterocycles. The summed E-state index contributed by atoms with van der Waals surface area (Å²) in [6.07, 6.45) is 16.2. The summed E-state index contributed by atoms with van der Waals surface area (Å²) < 4.78 is 18.6. The fourth-order valence-electron chi connectivity index (χ4n) is 3.21. The van der Waals surface area contributed by atoms with Gasteiger partial charge in [0.15, 0.2) is 0 Å². The van der Waals surface area contributed by atoms with Crippen LogP contribution in [0.1, 0.15) is 97.8 Å². The molecule has 0 aliphatic heterocycles. The van der Waals surface area contributed by atoms with Crippen molar-refractivity contribution in [2.24, 2.45) is 5.92 Å². The number of hydrogen-bond acceptors (Lipinski definition) is 3. The minimum Gasteiger partial charge on any atom is -0.409 e. The first-order chi connectivity index (χ1) is 13.8. The first kappa shape index (κ1) is 28.8. The van der Waals surface area contributed by atoms with Crippen molar-refractivity contribution in [3.63, 3.8) is 0 Å². The predicted octanol–water partition coefficient (Wildman–Crippen LogP) is 7.99. The lowest BCUT2D eigenvalue weighted by molar-refractivity contribution is 0.185. The van der Waals surface area contributed by atoms with E-state index < -0.39 is 17.1 Å². The van der Waals surface area contributed by atoms with Crippen molar-refractivity contribution in [2.75, 3.05) is 13.2 Å². The SMILES string of the molecule is C=C[Si](C)(OCCCCCCCCCCCCCC)O[Si](C)(C=C)OCC(C)C. The van der Waals surface area contributed by atoms with Gasteiger partial charge in [-0.3, -0.25) is 0 Å². The highest BCUT2D eigenvalue weighted by molar-refractivity contribution is 6.84. The van der Waals surface area contributed by atoms with Gasteiger partial charge in [0.25, 0.3) is 0 Å². The molecule has 0 spiro atoms. The highest BCUT2D eigenvalue weighted by Crippen LogP contribution is 2.20. The summed E-state index contributed by atoms with van der Waals surface area (Å²) in [5, 5.41) is 0. The highest BCUT2D eigenvalue weighted by Gasteiger charge is 2.39. The van der Waals surface area contributed by atoms with Crippen LogP contribution in [0, 0.1) is 5.92 Å². The van der Waals surface area contributed by atoms with Crippen LogP contribution in [-0.2, 0) is 13.0 Å². The Balaban J connectivity index is 3.88. The van der Waals surface area contributed by atoms with Gasteiger partial charge in [-0.2, -0.15) is 0 Å². The third-order valence-electron chi connectivity index (χ3n) is 5.24. The Hall–Kier alpha value is -0.206. The van der Waals surface area contributed by atoms with E-state index in [1.165, 1.54) is 70.6 Å². The fourth-order valence-corrected chi connectivity index (χ4v) is 9.02. The van der Waals surface area contributed by atoms with Crippen LogP contribution >= 0.6 is 0 Å². The van der Waals surface area contributed by atoms with Crippen molar-refractivity contribution in [2.45, 2.75) is 111 Å². The van der Waals surface area contributed by atoms with E-state index in [4.69, 9.17) is 13.0 Å². The molecule has 0 amide bonds. The largest absolute Gasteiger partial charge is 0.409 e. The molecule has 172 valence electrons. The fraction of sp³-hybridized carbons (Fsp3) is 0.833. The van der Waals surface area contributed by atoms with Gasteiger partial charge in [0.05, 0.1) is 0 Å². The third-order valence-corrected chi connectivity index (χ3v) is 11.5. The van der Waals surface area contributed by atoms with E-state index in [0.717, 1.165) is 13.0 Å². The Bertz CT molecular complexity index is 417. The summed E-state index contributed by atoms with van der Waals surface area (Å²) >= 11 is 0. The standard InChI is InChI=1S/C24H50O3Si2/c1-8-11-12-13-14-15-16-17-18-19-20-21-22-25-28(6,9-2)27-29(7,10-3)26-23-24(4)5/h9-10,24H,2-3,8,11-23H2,1,4-7H3. The molecule has 2 unspecified atom stereocenters. The van der Waals surface area contributed by atoms with E-state index in [2.05, 4.69) is 40.5 Å². The molecule has 0 N–H and O–H groups in total. The Labute approximate surface area is 184 Å².